The summed E-state index contributed by atoms with van der Waals surface area (Å²) < 4.78 is 56.4. The molecule has 9 heteroatoms. The first-order valence-corrected chi connectivity index (χ1v) is 6.63. The first-order valence-electron chi connectivity index (χ1n) is 6.63. The summed E-state index contributed by atoms with van der Waals surface area (Å²) >= 11 is 0. The predicted octanol–water partition coefficient (Wildman–Crippen LogP) is 2.18. The lowest BCUT2D eigenvalue weighted by Crippen LogP contribution is -2.52. The molecule has 1 aromatic rings. The standard InChI is InChI=1S/C14H14F4N2O3/c1-8-4-2-3-5-10(8)23-7-11(21)20-14(22,13(17)18)6-9(19-20)12(15)16/h2-5,12-13,22H,6-7H2,1H3/t14-/m0/s1. The van der Waals surface area contributed by atoms with Crippen LogP contribution in [0.5, 0.6) is 5.75 Å². The number of amides is 1. The van der Waals surface area contributed by atoms with Gasteiger partial charge in [-0.2, -0.15) is 10.1 Å². The van der Waals surface area contributed by atoms with Gasteiger partial charge in [-0.15, -0.1) is 0 Å². The molecule has 2 rings (SSSR count). The number of halogens is 4. The van der Waals surface area contributed by atoms with E-state index in [1.54, 1.807) is 31.2 Å². The van der Waals surface area contributed by atoms with Gasteiger partial charge in [0, 0.05) is 6.42 Å². The molecule has 1 amide bonds. The van der Waals surface area contributed by atoms with Crippen LogP contribution in [0, 0.1) is 6.92 Å². The zero-order valence-electron chi connectivity index (χ0n) is 12.0. The normalized spacial score (nSPS) is 21.0. The minimum atomic E-state index is -3.45. The Hall–Kier alpha value is -2.16. The van der Waals surface area contributed by atoms with Crippen molar-refractivity contribution in [1.82, 2.24) is 5.01 Å². The zero-order valence-corrected chi connectivity index (χ0v) is 12.0. The second kappa shape index (κ2) is 6.53. The number of hydrazone groups is 1. The molecular formula is C14H14F4N2O3. The minimum absolute atomic E-state index is 0.0164. The van der Waals surface area contributed by atoms with Crippen molar-refractivity contribution in [2.45, 2.75) is 31.9 Å². The molecule has 1 N–H and O–H groups in total. The Kier molecular flexibility index (Phi) is 4.88. The Bertz CT molecular complexity index is 624. The van der Waals surface area contributed by atoms with Gasteiger partial charge in [0.25, 0.3) is 18.8 Å². The highest BCUT2D eigenvalue weighted by molar-refractivity contribution is 5.93. The molecule has 5 nitrogen and oxygen atoms in total. The average molecular weight is 334 g/mol. The molecule has 0 aliphatic carbocycles. The largest absolute Gasteiger partial charge is 0.483 e. The predicted molar refractivity (Wildman–Crippen MR) is 72.5 cm³/mol. The molecule has 0 spiro atoms. The Labute approximate surface area is 129 Å². The fraction of sp³-hybridized carbons (Fsp3) is 0.429. The maximum absolute atomic E-state index is 13.0. The molecule has 0 bridgehead atoms. The molecule has 0 saturated heterocycles. The fourth-order valence-corrected chi connectivity index (χ4v) is 2.07. The maximum atomic E-state index is 13.0. The quantitative estimate of drug-likeness (QED) is 0.840. The second-order valence-electron chi connectivity index (χ2n) is 5.01. The van der Waals surface area contributed by atoms with E-state index in [-0.39, 0.29) is 5.01 Å². The Morgan fingerprint density at radius 3 is 2.61 bits per heavy atom. The van der Waals surface area contributed by atoms with Crippen LogP contribution in [0.15, 0.2) is 29.4 Å². The van der Waals surface area contributed by atoms with Gasteiger partial charge in [-0.05, 0) is 18.6 Å². The monoisotopic (exact) mass is 334 g/mol. The number of rotatable bonds is 5. The van der Waals surface area contributed by atoms with Crippen molar-refractivity contribution >= 4 is 11.6 Å². The van der Waals surface area contributed by atoms with E-state index in [4.69, 9.17) is 4.74 Å². The van der Waals surface area contributed by atoms with E-state index < -0.39 is 43.2 Å². The summed E-state index contributed by atoms with van der Waals surface area (Å²) in [6, 6.07) is 6.64. The summed E-state index contributed by atoms with van der Waals surface area (Å²) in [4.78, 5) is 12.0. The number of para-hydroxylation sites is 1. The van der Waals surface area contributed by atoms with Crippen molar-refractivity contribution < 1.29 is 32.2 Å². The molecule has 0 saturated carbocycles. The van der Waals surface area contributed by atoms with Crippen molar-refractivity contribution in [3.05, 3.63) is 29.8 Å². The Morgan fingerprint density at radius 2 is 2.04 bits per heavy atom. The van der Waals surface area contributed by atoms with Gasteiger partial charge in [-0.1, -0.05) is 18.2 Å². The summed E-state index contributed by atoms with van der Waals surface area (Å²) in [7, 11) is 0. The van der Waals surface area contributed by atoms with Gasteiger partial charge in [-0.25, -0.2) is 17.6 Å². The summed E-state index contributed by atoms with van der Waals surface area (Å²) in [5.74, 6) is -0.814. The van der Waals surface area contributed by atoms with E-state index in [0.717, 1.165) is 0 Å². The van der Waals surface area contributed by atoms with Gasteiger partial charge in [-0.3, -0.25) is 4.79 Å². The van der Waals surface area contributed by atoms with Gasteiger partial charge >= 0.3 is 0 Å². The third kappa shape index (κ3) is 3.44. The number of carbonyl (C=O) groups excluding carboxylic acids is 1. The number of alkyl halides is 4. The maximum Gasteiger partial charge on any atom is 0.287 e. The van der Waals surface area contributed by atoms with E-state index in [1.807, 2.05) is 0 Å². The lowest BCUT2D eigenvalue weighted by atomic mass is 10.1. The number of aliphatic hydroxyl groups is 1. The topological polar surface area (TPSA) is 62.1 Å². The summed E-state index contributed by atoms with van der Waals surface area (Å²) in [5.41, 5.74) is -3.36. The van der Waals surface area contributed by atoms with Gasteiger partial charge < -0.3 is 9.84 Å². The number of aryl methyl sites for hydroxylation is 1. The third-order valence-electron chi connectivity index (χ3n) is 3.32. The number of ether oxygens (including phenoxy) is 1. The first-order chi connectivity index (χ1) is 10.8. The van der Waals surface area contributed by atoms with Gasteiger partial charge in [0.05, 0.1) is 0 Å². The molecule has 0 unspecified atom stereocenters. The Balaban J connectivity index is 2.14. The average Bonchev–Trinajstić information content (AvgIpc) is 2.86. The molecule has 1 aliphatic heterocycles. The van der Waals surface area contributed by atoms with Crippen LogP contribution >= 0.6 is 0 Å². The van der Waals surface area contributed by atoms with Gasteiger partial charge in [0.15, 0.2) is 6.61 Å². The van der Waals surface area contributed by atoms with Crippen molar-refractivity contribution in [3.8, 4) is 5.75 Å². The van der Waals surface area contributed by atoms with E-state index in [0.29, 0.717) is 11.3 Å². The van der Waals surface area contributed by atoms with E-state index in [1.165, 1.54) is 0 Å². The highest BCUT2D eigenvalue weighted by Gasteiger charge is 2.53. The van der Waals surface area contributed by atoms with E-state index >= 15 is 0 Å². The molecule has 0 radical (unpaired) electrons. The smallest absolute Gasteiger partial charge is 0.287 e. The van der Waals surface area contributed by atoms with Crippen molar-refractivity contribution in [3.63, 3.8) is 0 Å². The zero-order chi connectivity index (χ0) is 17.2. The SMILES string of the molecule is Cc1ccccc1OCC(=O)N1N=C(C(F)F)C[C@]1(O)C(F)F. The van der Waals surface area contributed by atoms with Crippen LogP contribution in [0.3, 0.4) is 0 Å². The van der Waals surface area contributed by atoms with Crippen molar-refractivity contribution in [1.29, 1.82) is 0 Å². The Morgan fingerprint density at radius 1 is 1.39 bits per heavy atom. The summed E-state index contributed by atoms with van der Waals surface area (Å²) in [6.45, 7) is 0.984. The highest BCUT2D eigenvalue weighted by Crippen LogP contribution is 2.33. The molecule has 1 aromatic carbocycles. The number of nitrogens with zero attached hydrogens (tertiary/aromatic N) is 2. The summed E-state index contributed by atoms with van der Waals surface area (Å²) in [6.07, 6.45) is -7.71. The molecule has 1 atom stereocenters. The van der Waals surface area contributed by atoms with E-state index in [2.05, 4.69) is 5.10 Å². The van der Waals surface area contributed by atoms with Crippen LogP contribution in [0.2, 0.25) is 0 Å². The molecule has 1 heterocycles. The molecule has 0 fully saturated rings. The van der Waals surface area contributed by atoms with Crippen molar-refractivity contribution in [2.75, 3.05) is 6.61 Å². The van der Waals surface area contributed by atoms with Crippen LogP contribution in [0.1, 0.15) is 12.0 Å². The number of hydrogen-bond acceptors (Lipinski definition) is 4. The number of benzene rings is 1. The number of hydrogen-bond donors (Lipinski definition) is 1. The lowest BCUT2D eigenvalue weighted by molar-refractivity contribution is -0.193. The molecule has 23 heavy (non-hydrogen) atoms. The first kappa shape index (κ1) is 17.2. The van der Waals surface area contributed by atoms with Crippen LogP contribution in [0.25, 0.3) is 0 Å². The highest BCUT2D eigenvalue weighted by atomic mass is 19.3. The molecule has 0 aromatic heterocycles. The van der Waals surface area contributed by atoms with Crippen LogP contribution < -0.4 is 4.74 Å². The lowest BCUT2D eigenvalue weighted by Gasteiger charge is -2.29. The number of carbonyl (C=O) groups is 1. The molecular weight excluding hydrogens is 320 g/mol. The van der Waals surface area contributed by atoms with Gasteiger partial charge in [0.1, 0.15) is 11.5 Å². The third-order valence-corrected chi connectivity index (χ3v) is 3.32. The van der Waals surface area contributed by atoms with Crippen LogP contribution in [0.4, 0.5) is 17.6 Å². The van der Waals surface area contributed by atoms with E-state index in [9.17, 15) is 27.5 Å². The molecule has 126 valence electrons. The fourth-order valence-electron chi connectivity index (χ4n) is 2.07. The minimum Gasteiger partial charge on any atom is -0.483 e. The van der Waals surface area contributed by atoms with Crippen LogP contribution in [-0.2, 0) is 4.79 Å². The molecule has 1 aliphatic rings. The van der Waals surface area contributed by atoms with Crippen molar-refractivity contribution in [2.24, 2.45) is 5.10 Å². The second-order valence-corrected chi connectivity index (χ2v) is 5.01. The van der Waals surface area contributed by atoms with Crippen LogP contribution in [-0.4, -0.2) is 46.9 Å². The summed E-state index contributed by atoms with van der Waals surface area (Å²) in [5, 5.41) is 12.9. The van der Waals surface area contributed by atoms with Gasteiger partial charge in [0.2, 0.25) is 5.72 Å².